The Morgan fingerprint density at radius 2 is 1.80 bits per heavy atom. The maximum Gasteiger partial charge on any atom is 0.313 e. The molecule has 3 heterocycles. The van der Waals surface area contributed by atoms with Crippen LogP contribution in [0.1, 0.15) is 97.7 Å². The number of benzene rings is 1. The van der Waals surface area contributed by atoms with Crippen LogP contribution in [-0.4, -0.2) is 106 Å². The smallest absolute Gasteiger partial charge is 0.313 e. The number of carbonyl (C=O) groups is 4. The summed E-state index contributed by atoms with van der Waals surface area (Å²) in [5.74, 6) is -3.36. The molecule has 54 heavy (non-hydrogen) atoms. The Balaban J connectivity index is 1.75. The zero-order chi connectivity index (χ0) is 39.8. The van der Waals surface area contributed by atoms with E-state index in [1.807, 2.05) is 49.1 Å². The van der Waals surface area contributed by atoms with Gasteiger partial charge in [0.05, 0.1) is 30.6 Å². The van der Waals surface area contributed by atoms with Gasteiger partial charge in [-0.1, -0.05) is 92.0 Å². The molecule has 2 bridgehead atoms. The molecule has 0 saturated carbocycles. The average molecular weight is 817 g/mol. The highest BCUT2D eigenvalue weighted by Crippen LogP contribution is 2.61. The van der Waals surface area contributed by atoms with E-state index in [2.05, 4.69) is 55.2 Å². The number of likely N-dealkylation sites (tertiary alicyclic amines) is 1. The molecule has 4 rings (SSSR count). The zero-order valence-corrected chi connectivity index (χ0v) is 34.6. The SMILES string of the molecule is C=CCCC(=O)N[C@@H](COC)[C@@H](OC(=O)[C@H]1[C@@H]2O[C@@]3(CC2Br)[C@@H]1C(=O)N(CCCCCCO)[C@@H]3C(=O)N(CC=C)C(C)(C)CC(C)(C)C)c1ccccc1. The number of esters is 1. The van der Waals surface area contributed by atoms with Gasteiger partial charge in [0, 0.05) is 43.6 Å². The Kier molecular flexibility index (Phi) is 15.1. The molecule has 1 aromatic carbocycles. The van der Waals surface area contributed by atoms with Crippen LogP contribution in [0.5, 0.6) is 0 Å². The second-order valence-corrected chi connectivity index (χ2v) is 18.0. The molecule has 3 saturated heterocycles. The molecule has 11 nitrogen and oxygen atoms in total. The van der Waals surface area contributed by atoms with Crippen LogP contribution in [0.2, 0.25) is 0 Å². The standard InChI is InChI=1S/C42H62BrN3O8/c1-9-11-21-31(48)44-30(26-52-8)34(28-19-15-14-16-20-28)53-39(51)32-33-37(49)45(23-17-12-13-18-24-47)36(42(33)25-29(43)35(32)54-42)38(50)46(22-10-2)41(6,7)27-40(3,4)5/h9-10,14-16,19-20,29-30,32-36,47H,1-2,11-13,17-18,21-27H2,3-8H3,(H,44,48)/t29?,30-,32+,33-,34-,35+,36+,42-/m0/s1. The van der Waals surface area contributed by atoms with E-state index in [9.17, 15) is 19.5 Å². The molecular weight excluding hydrogens is 754 g/mol. The van der Waals surface area contributed by atoms with E-state index in [1.54, 1.807) is 17.1 Å². The van der Waals surface area contributed by atoms with Gasteiger partial charge in [-0.05, 0) is 56.9 Å². The Labute approximate surface area is 330 Å². The van der Waals surface area contributed by atoms with Gasteiger partial charge in [-0.15, -0.1) is 13.2 Å². The van der Waals surface area contributed by atoms with Crippen LogP contribution in [0.25, 0.3) is 0 Å². The summed E-state index contributed by atoms with van der Waals surface area (Å²) in [6, 6.07) is 7.46. The molecule has 1 spiro atoms. The summed E-state index contributed by atoms with van der Waals surface area (Å²) in [4.78, 5) is 60.8. The number of hydrogen-bond donors (Lipinski definition) is 2. The lowest BCUT2D eigenvalue weighted by atomic mass is 9.70. The molecule has 2 N–H and O–H groups in total. The summed E-state index contributed by atoms with van der Waals surface area (Å²) in [6.07, 6.45) is 6.32. The summed E-state index contributed by atoms with van der Waals surface area (Å²) in [6.45, 7) is 18.9. The molecule has 8 atom stereocenters. The van der Waals surface area contributed by atoms with E-state index in [0.29, 0.717) is 44.2 Å². The number of amides is 3. The normalized spacial score (nSPS) is 25.9. The third-order valence-corrected chi connectivity index (χ3v) is 11.7. The highest BCUT2D eigenvalue weighted by atomic mass is 79.9. The van der Waals surface area contributed by atoms with E-state index in [1.165, 1.54) is 7.11 Å². The van der Waals surface area contributed by atoms with Crippen molar-refractivity contribution < 1.29 is 38.5 Å². The molecule has 3 aliphatic rings. The molecule has 300 valence electrons. The Bertz CT molecular complexity index is 1480. The van der Waals surface area contributed by atoms with Crippen molar-refractivity contribution in [1.82, 2.24) is 15.1 Å². The number of methoxy groups -OCH3 is 1. The largest absolute Gasteiger partial charge is 0.455 e. The van der Waals surface area contributed by atoms with Crippen LogP contribution in [0.4, 0.5) is 0 Å². The Morgan fingerprint density at radius 1 is 1.11 bits per heavy atom. The quantitative estimate of drug-likeness (QED) is 0.0679. The molecule has 0 aliphatic carbocycles. The summed E-state index contributed by atoms with van der Waals surface area (Å²) in [5.41, 5.74) is -1.30. The number of carbonyl (C=O) groups excluding carboxylic acids is 4. The Morgan fingerprint density at radius 3 is 2.41 bits per heavy atom. The maximum absolute atomic E-state index is 15.1. The van der Waals surface area contributed by atoms with Crippen LogP contribution in [0.3, 0.4) is 0 Å². The molecule has 3 amide bonds. The van der Waals surface area contributed by atoms with E-state index < -0.39 is 53.2 Å². The molecule has 3 aliphatic heterocycles. The van der Waals surface area contributed by atoms with E-state index in [0.717, 1.165) is 12.8 Å². The number of unbranched alkanes of at least 4 members (excludes halogenated alkanes) is 3. The highest BCUT2D eigenvalue weighted by Gasteiger charge is 2.77. The van der Waals surface area contributed by atoms with Gasteiger partial charge in [-0.2, -0.15) is 0 Å². The predicted octanol–water partition coefficient (Wildman–Crippen LogP) is 5.90. The van der Waals surface area contributed by atoms with Gasteiger partial charge in [-0.3, -0.25) is 19.2 Å². The van der Waals surface area contributed by atoms with Crippen molar-refractivity contribution in [3.8, 4) is 0 Å². The van der Waals surface area contributed by atoms with Gasteiger partial charge in [0.15, 0.2) is 0 Å². The van der Waals surface area contributed by atoms with Crippen molar-refractivity contribution in [1.29, 1.82) is 0 Å². The summed E-state index contributed by atoms with van der Waals surface area (Å²) < 4.78 is 18.7. The minimum atomic E-state index is -1.27. The average Bonchev–Trinajstić information content (AvgIpc) is 3.70. The van der Waals surface area contributed by atoms with Gasteiger partial charge >= 0.3 is 5.97 Å². The van der Waals surface area contributed by atoms with Crippen molar-refractivity contribution in [2.45, 2.75) is 126 Å². The van der Waals surface area contributed by atoms with Crippen LogP contribution >= 0.6 is 15.9 Å². The fraction of sp³-hybridized carbons (Fsp3) is 0.667. The topological polar surface area (TPSA) is 135 Å². The second kappa shape index (κ2) is 18.7. The number of nitrogens with one attached hydrogen (secondary N) is 1. The lowest BCUT2D eigenvalue weighted by molar-refractivity contribution is -0.163. The molecule has 0 radical (unpaired) electrons. The first-order valence-electron chi connectivity index (χ1n) is 19.4. The highest BCUT2D eigenvalue weighted by molar-refractivity contribution is 9.09. The number of hydrogen-bond acceptors (Lipinski definition) is 8. The van der Waals surface area contributed by atoms with Crippen LogP contribution in [0, 0.1) is 17.3 Å². The number of aliphatic hydroxyl groups is 1. The number of alkyl halides is 1. The lowest BCUT2D eigenvalue weighted by Gasteiger charge is -2.45. The molecule has 3 fully saturated rings. The fourth-order valence-electron chi connectivity index (χ4n) is 9.10. The number of fused-ring (bicyclic) bond motifs is 1. The fourth-order valence-corrected chi connectivity index (χ4v) is 10.0. The Hall–Kier alpha value is -3.06. The second-order valence-electron chi connectivity index (χ2n) is 16.8. The van der Waals surface area contributed by atoms with Crippen LogP contribution in [0.15, 0.2) is 55.6 Å². The first-order chi connectivity index (χ1) is 25.6. The van der Waals surface area contributed by atoms with Crippen LogP contribution in [-0.2, 0) is 33.4 Å². The van der Waals surface area contributed by atoms with Crippen molar-refractivity contribution in [3.63, 3.8) is 0 Å². The zero-order valence-electron chi connectivity index (χ0n) is 33.1. The molecule has 0 aromatic heterocycles. The number of aliphatic hydroxyl groups excluding tert-OH is 1. The molecule has 12 heteroatoms. The third-order valence-electron chi connectivity index (χ3n) is 10.9. The predicted molar refractivity (Wildman–Crippen MR) is 212 cm³/mol. The number of rotatable bonds is 21. The van der Waals surface area contributed by atoms with Gasteiger partial charge in [0.25, 0.3) is 0 Å². The van der Waals surface area contributed by atoms with Crippen LogP contribution < -0.4 is 5.32 Å². The summed E-state index contributed by atoms with van der Waals surface area (Å²) in [5, 5.41) is 12.3. The maximum atomic E-state index is 15.1. The number of ether oxygens (including phenoxy) is 3. The minimum Gasteiger partial charge on any atom is -0.455 e. The number of halogens is 1. The van der Waals surface area contributed by atoms with Gasteiger partial charge in [-0.25, -0.2) is 0 Å². The van der Waals surface area contributed by atoms with Gasteiger partial charge in [0.2, 0.25) is 17.7 Å². The van der Waals surface area contributed by atoms with Gasteiger partial charge in [0.1, 0.15) is 17.7 Å². The van der Waals surface area contributed by atoms with E-state index in [4.69, 9.17) is 14.2 Å². The molecule has 1 aromatic rings. The summed E-state index contributed by atoms with van der Waals surface area (Å²) >= 11 is 3.79. The van der Waals surface area contributed by atoms with E-state index >= 15 is 4.79 Å². The van der Waals surface area contributed by atoms with Crippen molar-refractivity contribution in [3.05, 3.63) is 61.2 Å². The monoisotopic (exact) mass is 815 g/mol. The first kappa shape index (κ1) is 43.7. The third kappa shape index (κ3) is 9.65. The summed E-state index contributed by atoms with van der Waals surface area (Å²) in [7, 11) is 1.51. The van der Waals surface area contributed by atoms with Crippen molar-refractivity contribution in [2.75, 3.05) is 33.4 Å². The number of allylic oxidation sites excluding steroid dienone is 1. The number of nitrogens with zero attached hydrogens (tertiary/aromatic N) is 2. The van der Waals surface area contributed by atoms with Gasteiger partial charge < -0.3 is 34.4 Å². The minimum absolute atomic E-state index is 0.0642. The molecular formula is C42H62BrN3O8. The van der Waals surface area contributed by atoms with Crippen molar-refractivity contribution in [2.24, 2.45) is 17.3 Å². The van der Waals surface area contributed by atoms with Crippen molar-refractivity contribution >= 4 is 39.6 Å². The first-order valence-corrected chi connectivity index (χ1v) is 20.3. The molecule has 1 unspecified atom stereocenters. The lowest BCUT2D eigenvalue weighted by Crippen LogP contribution is -2.61. The van der Waals surface area contributed by atoms with E-state index in [-0.39, 0.29) is 54.1 Å².